The Balaban J connectivity index is 2.02. The molecule has 9 heteroatoms. The Kier molecular flexibility index (Phi) is 5.49. The normalized spacial score (nSPS) is 11.6. The molecule has 0 aromatic heterocycles. The largest absolute Gasteiger partial charge is 0.507 e. The molecule has 0 unspecified atom stereocenters. The molecular formula is C20H13F3N2O4. The van der Waals surface area contributed by atoms with Gasteiger partial charge in [0.2, 0.25) is 0 Å². The molecule has 1 N–H and O–H groups in total. The molecule has 29 heavy (non-hydrogen) atoms. The van der Waals surface area contributed by atoms with Crippen molar-refractivity contribution in [2.75, 3.05) is 0 Å². The maximum absolute atomic E-state index is 13.1. The minimum Gasteiger partial charge on any atom is -0.507 e. The molecular weight excluding hydrogens is 389 g/mol. The number of para-hydroxylation sites is 1. The summed E-state index contributed by atoms with van der Waals surface area (Å²) in [6.07, 6.45) is -3.56. The lowest BCUT2D eigenvalue weighted by Crippen LogP contribution is -2.04. The van der Waals surface area contributed by atoms with Crippen LogP contribution in [0.1, 0.15) is 11.1 Å². The Morgan fingerprint density at radius 1 is 1.03 bits per heavy atom. The van der Waals surface area contributed by atoms with Gasteiger partial charge in [-0.25, -0.2) is 0 Å². The van der Waals surface area contributed by atoms with E-state index in [4.69, 9.17) is 4.74 Å². The minimum atomic E-state index is -4.59. The molecule has 0 aliphatic rings. The number of nitro groups is 1. The summed E-state index contributed by atoms with van der Waals surface area (Å²) in [5, 5.41) is 20.7. The summed E-state index contributed by atoms with van der Waals surface area (Å²) in [6, 6.07) is 14.4. The summed E-state index contributed by atoms with van der Waals surface area (Å²) in [6.45, 7) is 0. The summed E-state index contributed by atoms with van der Waals surface area (Å²) in [7, 11) is 0. The zero-order chi connectivity index (χ0) is 21.0. The van der Waals surface area contributed by atoms with E-state index in [0.29, 0.717) is 5.75 Å². The van der Waals surface area contributed by atoms with E-state index in [1.807, 2.05) is 0 Å². The van der Waals surface area contributed by atoms with Crippen LogP contribution in [-0.2, 0) is 6.18 Å². The minimum absolute atomic E-state index is 0.0257. The summed E-state index contributed by atoms with van der Waals surface area (Å²) >= 11 is 0. The first kappa shape index (κ1) is 19.9. The van der Waals surface area contributed by atoms with Crippen LogP contribution in [0.5, 0.6) is 17.2 Å². The molecule has 0 saturated heterocycles. The number of non-ortho nitro benzene ring substituents is 1. The number of benzene rings is 3. The highest BCUT2D eigenvalue weighted by molar-refractivity contribution is 5.87. The van der Waals surface area contributed by atoms with Crippen molar-refractivity contribution in [1.82, 2.24) is 0 Å². The third-order valence-corrected chi connectivity index (χ3v) is 3.82. The lowest BCUT2D eigenvalue weighted by atomic mass is 10.1. The predicted octanol–water partition coefficient (Wildman–Crippen LogP) is 5.86. The SMILES string of the molecule is O=[N+]([O-])c1ccc(O)c(C=Nc2cc(C(F)(F)F)ccc2Oc2ccccc2)c1. The number of phenols is 1. The summed E-state index contributed by atoms with van der Waals surface area (Å²) in [4.78, 5) is 14.2. The molecule has 0 bridgehead atoms. The molecule has 0 aliphatic heterocycles. The van der Waals surface area contributed by atoms with Gasteiger partial charge in [0.15, 0.2) is 5.75 Å². The quantitative estimate of drug-likeness (QED) is 0.329. The van der Waals surface area contributed by atoms with Crippen LogP contribution in [0.3, 0.4) is 0 Å². The van der Waals surface area contributed by atoms with Gasteiger partial charge in [0.1, 0.15) is 17.2 Å². The Hall–Kier alpha value is -3.88. The van der Waals surface area contributed by atoms with Crippen molar-refractivity contribution in [3.63, 3.8) is 0 Å². The number of hydrogen-bond donors (Lipinski definition) is 1. The lowest BCUT2D eigenvalue weighted by Gasteiger charge is -2.12. The monoisotopic (exact) mass is 402 g/mol. The molecule has 3 aromatic rings. The Morgan fingerprint density at radius 3 is 2.41 bits per heavy atom. The average Bonchev–Trinajstić information content (AvgIpc) is 2.68. The van der Waals surface area contributed by atoms with Crippen molar-refractivity contribution in [2.24, 2.45) is 4.99 Å². The topological polar surface area (TPSA) is 85.0 Å². The first-order valence-corrected chi connectivity index (χ1v) is 8.19. The second kappa shape index (κ2) is 8.01. The molecule has 6 nitrogen and oxygen atoms in total. The Labute approximate surface area is 162 Å². The highest BCUT2D eigenvalue weighted by Gasteiger charge is 2.31. The number of phenolic OH excluding ortho intramolecular Hbond substituents is 1. The molecule has 0 atom stereocenters. The van der Waals surface area contributed by atoms with Gasteiger partial charge < -0.3 is 9.84 Å². The molecule has 0 radical (unpaired) electrons. The van der Waals surface area contributed by atoms with Gasteiger partial charge in [-0.3, -0.25) is 15.1 Å². The van der Waals surface area contributed by atoms with Crippen molar-refractivity contribution < 1.29 is 27.9 Å². The number of nitro benzene ring substituents is 1. The Bertz CT molecular complexity index is 1070. The molecule has 0 heterocycles. The van der Waals surface area contributed by atoms with E-state index in [-0.39, 0.29) is 28.4 Å². The van der Waals surface area contributed by atoms with Crippen LogP contribution in [0.2, 0.25) is 0 Å². The highest BCUT2D eigenvalue weighted by atomic mass is 19.4. The highest BCUT2D eigenvalue weighted by Crippen LogP contribution is 2.38. The number of ether oxygens (including phenoxy) is 1. The van der Waals surface area contributed by atoms with E-state index >= 15 is 0 Å². The Morgan fingerprint density at radius 2 is 1.76 bits per heavy atom. The van der Waals surface area contributed by atoms with Crippen LogP contribution in [-0.4, -0.2) is 16.2 Å². The van der Waals surface area contributed by atoms with E-state index in [0.717, 1.165) is 42.6 Å². The van der Waals surface area contributed by atoms with E-state index in [9.17, 15) is 28.4 Å². The molecule has 0 saturated carbocycles. The zero-order valence-corrected chi connectivity index (χ0v) is 14.6. The van der Waals surface area contributed by atoms with E-state index < -0.39 is 16.7 Å². The molecule has 0 spiro atoms. The van der Waals surface area contributed by atoms with E-state index in [2.05, 4.69) is 4.99 Å². The molecule has 148 valence electrons. The summed E-state index contributed by atoms with van der Waals surface area (Å²) < 4.78 is 44.9. The first-order chi connectivity index (χ1) is 13.7. The number of aliphatic imine (C=N–C) groups is 1. The van der Waals surface area contributed by atoms with Crippen LogP contribution in [0.15, 0.2) is 71.7 Å². The number of rotatable bonds is 5. The maximum Gasteiger partial charge on any atom is 0.416 e. The first-order valence-electron chi connectivity index (χ1n) is 8.19. The van der Waals surface area contributed by atoms with Gasteiger partial charge in [0.05, 0.1) is 10.5 Å². The van der Waals surface area contributed by atoms with Gasteiger partial charge in [-0.15, -0.1) is 0 Å². The smallest absolute Gasteiger partial charge is 0.416 e. The standard InChI is InChI=1S/C20H13F3N2O4/c21-20(22,23)14-6-9-19(29-16-4-2-1-3-5-16)17(11-14)24-12-13-10-15(25(27)28)7-8-18(13)26/h1-12,26H. The number of halogens is 3. The van der Waals surface area contributed by atoms with E-state index in [1.54, 1.807) is 30.3 Å². The third-order valence-electron chi connectivity index (χ3n) is 3.82. The molecule has 0 aliphatic carbocycles. The fourth-order valence-corrected chi connectivity index (χ4v) is 2.39. The fraction of sp³-hybridized carbons (Fsp3) is 0.0500. The van der Waals surface area contributed by atoms with Crippen LogP contribution in [0.25, 0.3) is 0 Å². The third kappa shape index (κ3) is 4.89. The van der Waals surface area contributed by atoms with Gasteiger partial charge in [0, 0.05) is 23.9 Å². The van der Waals surface area contributed by atoms with Crippen molar-refractivity contribution >= 4 is 17.6 Å². The number of alkyl halides is 3. The molecule has 3 aromatic carbocycles. The van der Waals surface area contributed by atoms with Crippen molar-refractivity contribution in [1.29, 1.82) is 0 Å². The van der Waals surface area contributed by atoms with Gasteiger partial charge in [-0.1, -0.05) is 18.2 Å². The fourth-order valence-electron chi connectivity index (χ4n) is 2.39. The number of aromatic hydroxyl groups is 1. The number of hydrogen-bond acceptors (Lipinski definition) is 5. The second-order valence-electron chi connectivity index (χ2n) is 5.85. The maximum atomic E-state index is 13.1. The van der Waals surface area contributed by atoms with Gasteiger partial charge in [-0.2, -0.15) is 13.2 Å². The summed E-state index contributed by atoms with van der Waals surface area (Å²) in [5.41, 5.74) is -1.42. The zero-order valence-electron chi connectivity index (χ0n) is 14.6. The van der Waals surface area contributed by atoms with Gasteiger partial charge >= 0.3 is 6.18 Å². The van der Waals surface area contributed by atoms with Crippen molar-refractivity contribution in [3.05, 3.63) is 88.0 Å². The van der Waals surface area contributed by atoms with Crippen molar-refractivity contribution in [2.45, 2.75) is 6.18 Å². The number of nitrogens with zero attached hydrogens (tertiary/aromatic N) is 2. The molecule has 3 rings (SSSR count). The van der Waals surface area contributed by atoms with Crippen LogP contribution < -0.4 is 4.74 Å². The van der Waals surface area contributed by atoms with Crippen LogP contribution in [0, 0.1) is 10.1 Å². The van der Waals surface area contributed by atoms with Gasteiger partial charge in [0.25, 0.3) is 5.69 Å². The predicted molar refractivity (Wildman–Crippen MR) is 100.0 cm³/mol. The second-order valence-corrected chi connectivity index (χ2v) is 5.85. The average molecular weight is 402 g/mol. The molecule has 0 fully saturated rings. The van der Waals surface area contributed by atoms with Gasteiger partial charge in [-0.05, 0) is 36.4 Å². The van der Waals surface area contributed by atoms with Crippen LogP contribution >= 0.6 is 0 Å². The van der Waals surface area contributed by atoms with Crippen molar-refractivity contribution in [3.8, 4) is 17.2 Å². The lowest BCUT2D eigenvalue weighted by molar-refractivity contribution is -0.384. The summed E-state index contributed by atoms with van der Waals surface area (Å²) in [5.74, 6) is 0.129. The van der Waals surface area contributed by atoms with Crippen LogP contribution in [0.4, 0.5) is 24.5 Å². The van der Waals surface area contributed by atoms with E-state index in [1.165, 1.54) is 0 Å². The molecule has 0 amide bonds.